The molecule has 0 radical (unpaired) electrons. The number of hydrogen-bond donors (Lipinski definition) is 3. The normalized spacial score (nSPS) is 12.3. The first-order valence-electron chi connectivity index (χ1n) is 37.6. The minimum atomic E-state index is -0.233. The molecule has 0 atom stereocenters. The summed E-state index contributed by atoms with van der Waals surface area (Å²) in [6.45, 7) is 25.4. The lowest BCUT2D eigenvalue weighted by molar-refractivity contribution is 0.112. The van der Waals surface area contributed by atoms with Crippen LogP contribution in [0.25, 0.3) is 152 Å². The van der Waals surface area contributed by atoms with Crippen LogP contribution in [0.5, 0.6) is 11.5 Å². The van der Waals surface area contributed by atoms with Crippen LogP contribution in [-0.4, -0.2) is 32.7 Å². The first kappa shape index (κ1) is 72.9. The van der Waals surface area contributed by atoms with Crippen molar-refractivity contribution in [2.75, 3.05) is 5.73 Å². The van der Waals surface area contributed by atoms with Crippen LogP contribution in [0.4, 0.5) is 11.4 Å². The van der Waals surface area contributed by atoms with Gasteiger partial charge in [0.05, 0.1) is 31.7 Å². The zero-order valence-corrected chi connectivity index (χ0v) is 66.0. The van der Waals surface area contributed by atoms with Crippen LogP contribution in [0.3, 0.4) is 0 Å². The number of fused-ring (bicyclic) bond motifs is 10. The second kappa shape index (κ2) is 28.6. The number of phenols is 2. The first-order valence-corrected chi connectivity index (χ1v) is 39.3. The van der Waals surface area contributed by atoms with Gasteiger partial charge in [-0.1, -0.05) is 277 Å². The fourth-order valence-electron chi connectivity index (χ4n) is 15.0. The number of nitrogen functional groups attached to an aromatic ring is 1. The van der Waals surface area contributed by atoms with Gasteiger partial charge in [0.15, 0.2) is 6.29 Å². The third-order valence-corrected chi connectivity index (χ3v) is 23.1. The zero-order valence-electron chi connectivity index (χ0n) is 64.4. The molecule has 4 heterocycles. The maximum Gasteiger partial charge on any atom is 0.153 e. The lowest BCUT2D eigenvalue weighted by Crippen LogP contribution is -2.17. The Balaban J connectivity index is 0.000000144. The first-order chi connectivity index (χ1) is 53.2. The molecule has 0 amide bonds. The minimum absolute atomic E-state index is 0.0362. The maximum atomic E-state index is 11.5. The Morgan fingerprint density at radius 2 is 0.748 bits per heavy atom. The van der Waals surface area contributed by atoms with Gasteiger partial charge in [0.25, 0.3) is 0 Å². The number of nitrogens with zero attached hydrogens (tertiary/aromatic N) is 3. The molecule has 18 aromatic rings. The van der Waals surface area contributed by atoms with Gasteiger partial charge < -0.3 is 24.8 Å². The van der Waals surface area contributed by atoms with Gasteiger partial charge in [0, 0.05) is 83.5 Å². The number of benzene rings is 14. The van der Waals surface area contributed by atoms with Crippen LogP contribution in [-0.2, 0) is 21.7 Å². The monoisotopic (exact) mass is 1490 g/mol. The Hall–Kier alpha value is -12.3. The average Bonchev–Trinajstić information content (AvgIpc) is 1.62. The van der Waals surface area contributed by atoms with E-state index in [1.54, 1.807) is 35.0 Å². The van der Waals surface area contributed by atoms with Gasteiger partial charge in [-0.3, -0.25) is 9.79 Å². The molecule has 0 aliphatic carbocycles. The minimum Gasteiger partial charge on any atom is -0.507 e. The molecule has 9 nitrogen and oxygen atoms in total. The number of nitrogens with two attached hydrogens (primary N) is 1. The van der Waals surface area contributed by atoms with Gasteiger partial charge in [0.2, 0.25) is 0 Å². The number of carbonyl (C=O) groups excluding carboxylic acids is 1. The number of rotatable bonds is 9. The molecule has 0 saturated heterocycles. The van der Waals surface area contributed by atoms with Gasteiger partial charge in [-0.05, 0) is 149 Å². The lowest BCUT2D eigenvalue weighted by atomic mass is 9.79. The molecule has 0 aliphatic heterocycles. The maximum absolute atomic E-state index is 11.5. The molecule has 0 aliphatic rings. The number of aromatic hydroxyl groups is 2. The Morgan fingerprint density at radius 1 is 0.369 bits per heavy atom. The molecule has 0 spiro atoms. The van der Waals surface area contributed by atoms with Crippen LogP contribution >= 0.6 is 22.7 Å². The second-order valence-electron chi connectivity index (χ2n) is 32.8. The van der Waals surface area contributed by atoms with Gasteiger partial charge in [0.1, 0.15) is 43.8 Å². The van der Waals surface area contributed by atoms with E-state index in [0.717, 1.165) is 170 Å². The third kappa shape index (κ3) is 14.0. The summed E-state index contributed by atoms with van der Waals surface area (Å²) in [5.41, 5.74) is 28.6. The highest BCUT2D eigenvalue weighted by Gasteiger charge is 2.28. The molecule has 4 aromatic heterocycles. The smallest absolute Gasteiger partial charge is 0.153 e. The van der Waals surface area contributed by atoms with E-state index >= 15 is 0 Å². The van der Waals surface area contributed by atoms with Crippen LogP contribution in [0.2, 0.25) is 0 Å². The van der Waals surface area contributed by atoms with Crippen LogP contribution in [0.1, 0.15) is 121 Å². The summed E-state index contributed by atoms with van der Waals surface area (Å²) < 4.78 is 15.2. The van der Waals surface area contributed by atoms with E-state index < -0.39 is 0 Å². The summed E-state index contributed by atoms with van der Waals surface area (Å²) in [4.78, 5) is 26.6. The van der Waals surface area contributed by atoms with Crippen molar-refractivity contribution in [2.24, 2.45) is 4.99 Å². The van der Waals surface area contributed by atoms with E-state index in [2.05, 4.69) is 250 Å². The van der Waals surface area contributed by atoms with E-state index in [-0.39, 0.29) is 33.2 Å². The van der Waals surface area contributed by atoms with Crippen LogP contribution < -0.4 is 5.73 Å². The third-order valence-electron chi connectivity index (χ3n) is 21.0. The Kier molecular flexibility index (Phi) is 18.8. The van der Waals surface area contributed by atoms with E-state index in [9.17, 15) is 15.0 Å². The number of phenolic OH excluding ortho intramolecular Hbond substituents is 2. The van der Waals surface area contributed by atoms with Crippen molar-refractivity contribution < 1.29 is 23.8 Å². The number of thiazole rings is 2. The summed E-state index contributed by atoms with van der Waals surface area (Å²) in [5, 5.41) is 32.6. The fourth-order valence-corrected chi connectivity index (χ4v) is 17.1. The molecule has 0 bridgehead atoms. The molecule has 0 saturated carbocycles. The predicted molar refractivity (Wildman–Crippen MR) is 469 cm³/mol. The quantitative estimate of drug-likeness (QED) is 0.0735. The summed E-state index contributed by atoms with van der Waals surface area (Å²) in [7, 11) is 0. The predicted octanol–water partition coefficient (Wildman–Crippen LogP) is 28.1. The number of para-hydroxylation sites is 6. The van der Waals surface area contributed by atoms with Crippen molar-refractivity contribution in [3.8, 4) is 77.1 Å². The Morgan fingerprint density at radius 3 is 1.23 bits per heavy atom. The zero-order chi connectivity index (χ0) is 77.4. The van der Waals surface area contributed by atoms with Crippen molar-refractivity contribution >= 4 is 132 Å². The molecule has 4 N–H and O–H groups in total. The molecular formula is C100H86N4O5S2. The number of hydrogen-bond acceptors (Lipinski definition) is 11. The highest BCUT2D eigenvalue weighted by Crippen LogP contribution is 2.49. The number of aromatic nitrogens is 2. The highest BCUT2D eigenvalue weighted by atomic mass is 32.1. The van der Waals surface area contributed by atoms with Crippen molar-refractivity contribution in [1.29, 1.82) is 0 Å². The van der Waals surface area contributed by atoms with Crippen LogP contribution in [0.15, 0.2) is 281 Å². The fraction of sp³-hybridized carbons (Fsp3) is 0.160. The molecule has 548 valence electrons. The molecule has 0 fully saturated rings. The molecule has 14 aromatic carbocycles. The topological polar surface area (TPSA) is 148 Å². The van der Waals surface area contributed by atoms with E-state index in [1.807, 2.05) is 93.6 Å². The van der Waals surface area contributed by atoms with E-state index in [0.29, 0.717) is 11.1 Å². The molecule has 0 unspecified atom stereocenters. The summed E-state index contributed by atoms with van der Waals surface area (Å²) in [6, 6.07) is 92.4. The van der Waals surface area contributed by atoms with Crippen molar-refractivity contribution in [3.05, 3.63) is 300 Å². The second-order valence-corrected chi connectivity index (χ2v) is 34.9. The summed E-state index contributed by atoms with van der Waals surface area (Å²) in [5.74, 6) is 0.383. The largest absolute Gasteiger partial charge is 0.507 e. The van der Waals surface area contributed by atoms with Gasteiger partial charge in [-0.25, -0.2) is 9.97 Å². The Labute approximate surface area is 654 Å². The van der Waals surface area contributed by atoms with Crippen molar-refractivity contribution in [2.45, 2.75) is 105 Å². The lowest BCUT2D eigenvalue weighted by Gasteiger charge is -2.27. The number of aldehydes is 1. The van der Waals surface area contributed by atoms with Gasteiger partial charge in [-0.2, -0.15) is 0 Å². The number of anilines is 1. The standard InChI is InChI=1S/C50H42N2O2S.C35H22N2OS.C15H22O2/c1-49(2,3)33-25-32(46(53)41(28-33)50(4,5)6)29-51-42-23-11-9-19-39(42)48-52-45-40(36-21-13-16-30-15-7-8-17-34(30)36)26-31(27-44(45)55-48)35-20-14-22-38-37-18-10-12-24-43(37)54-47(35)38;36-30-17-5-3-13-28(30)35-37-33-29(25-15-7-10-21-9-1-2-11-23(21)25)19-22(20-32(33)39-35)24-14-8-16-27-26-12-4-6-18-31(26)38-34(24)27;1-14(2,3)11-7-10(9-16)13(17)12(8-11)15(4,5)6/h7-29,53H,1-6H3;1-20H,36H2;7-9,17H,1-6H3. The van der Waals surface area contributed by atoms with Crippen molar-refractivity contribution in [1.82, 2.24) is 9.97 Å². The summed E-state index contributed by atoms with van der Waals surface area (Å²) >= 11 is 3.35. The molecule has 18 rings (SSSR count). The van der Waals surface area contributed by atoms with Gasteiger partial charge in [-0.15, -0.1) is 22.7 Å². The molecular weight excluding hydrogens is 1400 g/mol. The summed E-state index contributed by atoms with van der Waals surface area (Å²) in [6.07, 6.45) is 2.53. The molecule has 111 heavy (non-hydrogen) atoms. The average molecular weight is 1490 g/mol. The Bertz CT molecular complexity index is 6710. The SMILES string of the molecule is CC(C)(C)c1cc(C=Nc2ccccc2-c2nc3c(-c4cccc5ccccc45)cc(-c4cccc5c4oc4ccccc45)cc3s2)c(O)c(C(C)(C)C)c1.CC(C)(C)c1cc(C=O)c(O)c(C(C)(C)C)c1.Nc1ccccc1-c1nc2c(-c3cccc4ccccc34)cc(-c3cccc4c3oc3ccccc34)cc2s1. The number of carbonyl (C=O) groups is 1. The van der Waals surface area contributed by atoms with Crippen molar-refractivity contribution in [3.63, 3.8) is 0 Å². The van der Waals surface area contributed by atoms with Gasteiger partial charge >= 0.3 is 0 Å². The number of furan rings is 2. The number of aliphatic imine (C=N–C) groups is 1. The van der Waals surface area contributed by atoms with E-state index in [4.69, 9.17) is 29.5 Å². The molecule has 11 heteroatoms. The highest BCUT2D eigenvalue weighted by molar-refractivity contribution is 7.22. The van der Waals surface area contributed by atoms with Crippen LogP contribution in [0, 0.1) is 0 Å². The van der Waals surface area contributed by atoms with E-state index in [1.165, 1.54) is 21.5 Å².